The normalized spacial score (nSPS) is 20.9. The number of carboxylic acid groups (broad SMARTS) is 1. The second-order valence-electron chi connectivity index (χ2n) is 7.90. The van der Waals surface area contributed by atoms with Crippen molar-refractivity contribution in [3.05, 3.63) is 64.7 Å². The third-order valence-electron chi connectivity index (χ3n) is 6.10. The number of rotatable bonds is 2. The lowest BCUT2D eigenvalue weighted by Crippen LogP contribution is -2.27. The molecule has 1 aromatic carbocycles. The molecule has 2 aliphatic rings. The van der Waals surface area contributed by atoms with Crippen LogP contribution in [0, 0.1) is 0 Å². The fourth-order valence-electron chi connectivity index (χ4n) is 4.59. The molecule has 1 fully saturated rings. The second kappa shape index (κ2) is 7.68. The van der Waals surface area contributed by atoms with Crippen LogP contribution in [0.3, 0.4) is 0 Å². The van der Waals surface area contributed by atoms with Crippen LogP contribution in [-0.2, 0) is 13.1 Å². The third kappa shape index (κ3) is 3.41. The van der Waals surface area contributed by atoms with Crippen molar-refractivity contribution in [3.8, 4) is 5.69 Å². The van der Waals surface area contributed by atoms with Crippen LogP contribution in [0.15, 0.2) is 36.8 Å². The number of carbonyl (C=O) groups is 1. The Balaban J connectivity index is 1.47. The average Bonchev–Trinajstić information content (AvgIpc) is 3.10. The monoisotopic (exact) mass is 424 g/mol. The van der Waals surface area contributed by atoms with Gasteiger partial charge in [-0.2, -0.15) is 0 Å². The Morgan fingerprint density at radius 1 is 1.07 bits per heavy atom. The molecule has 3 heterocycles. The Morgan fingerprint density at radius 2 is 1.87 bits per heavy atom. The van der Waals surface area contributed by atoms with E-state index in [-0.39, 0.29) is 19.0 Å². The van der Waals surface area contributed by atoms with Gasteiger partial charge in [-0.25, -0.2) is 4.79 Å². The van der Waals surface area contributed by atoms with Crippen LogP contribution in [0.1, 0.15) is 60.4 Å². The first kappa shape index (κ1) is 19.0. The van der Waals surface area contributed by atoms with E-state index in [1.54, 1.807) is 12.4 Å². The fraction of sp³-hybridized carbons (Fsp3) is 0.381. The van der Waals surface area contributed by atoms with Gasteiger partial charge in [0.2, 0.25) is 0 Å². The summed E-state index contributed by atoms with van der Waals surface area (Å²) in [7, 11) is 0. The molecule has 3 aromatic rings. The molecule has 0 spiro atoms. The topological polar surface area (TPSA) is 97.0 Å². The van der Waals surface area contributed by atoms with Crippen molar-refractivity contribution >= 4 is 17.7 Å². The highest BCUT2D eigenvalue weighted by Crippen LogP contribution is 2.40. The predicted octanol–water partition coefficient (Wildman–Crippen LogP) is 4.15. The zero-order valence-electron chi connectivity index (χ0n) is 16.3. The molecule has 1 aliphatic heterocycles. The number of hydrogen-bond donors (Lipinski definition) is 1. The standard InChI is InChI=1S/C21H21ClN6O2/c22-16-5-6-18-15(9-16)11-27(21(29)30)12-19-25-26-20(28(18)19)14-3-1-13(2-4-14)17-10-23-7-8-24-17/h5-10,13-14H,1-4,11-12H2,(H,29,30). The molecule has 1 amide bonds. The molecule has 0 unspecified atom stereocenters. The zero-order chi connectivity index (χ0) is 20.7. The maximum absolute atomic E-state index is 11.7. The molecule has 0 saturated heterocycles. The summed E-state index contributed by atoms with van der Waals surface area (Å²) in [6.07, 6.45) is 8.30. The van der Waals surface area contributed by atoms with Gasteiger partial charge in [0, 0.05) is 35.4 Å². The van der Waals surface area contributed by atoms with Crippen LogP contribution in [0.4, 0.5) is 4.79 Å². The molecule has 2 aromatic heterocycles. The van der Waals surface area contributed by atoms with Crippen LogP contribution in [0.25, 0.3) is 5.69 Å². The molecule has 1 aliphatic carbocycles. The largest absolute Gasteiger partial charge is 0.465 e. The smallest absolute Gasteiger partial charge is 0.408 e. The van der Waals surface area contributed by atoms with Crippen molar-refractivity contribution in [1.82, 2.24) is 29.6 Å². The SMILES string of the molecule is O=C(O)N1Cc2cc(Cl)ccc2-n2c(nnc2C2CCC(c3cnccn3)CC2)C1. The summed E-state index contributed by atoms with van der Waals surface area (Å²) in [5.41, 5.74) is 2.82. The van der Waals surface area contributed by atoms with Gasteiger partial charge in [-0.15, -0.1) is 10.2 Å². The van der Waals surface area contributed by atoms with E-state index in [4.69, 9.17) is 11.6 Å². The summed E-state index contributed by atoms with van der Waals surface area (Å²) in [5.74, 6) is 2.22. The van der Waals surface area contributed by atoms with Gasteiger partial charge in [-0.3, -0.25) is 19.4 Å². The fourth-order valence-corrected chi connectivity index (χ4v) is 4.79. The van der Waals surface area contributed by atoms with Crippen molar-refractivity contribution in [1.29, 1.82) is 0 Å². The van der Waals surface area contributed by atoms with Crippen molar-refractivity contribution in [2.75, 3.05) is 0 Å². The van der Waals surface area contributed by atoms with Gasteiger partial charge in [-0.05, 0) is 49.4 Å². The lowest BCUT2D eigenvalue weighted by molar-refractivity contribution is 0.139. The average molecular weight is 425 g/mol. The van der Waals surface area contributed by atoms with E-state index in [2.05, 4.69) is 20.2 Å². The zero-order valence-corrected chi connectivity index (χ0v) is 17.0. The van der Waals surface area contributed by atoms with Gasteiger partial charge in [0.1, 0.15) is 5.82 Å². The minimum Gasteiger partial charge on any atom is -0.465 e. The summed E-state index contributed by atoms with van der Waals surface area (Å²) in [4.78, 5) is 21.7. The molecule has 5 rings (SSSR count). The van der Waals surface area contributed by atoms with Crippen molar-refractivity contribution in [2.45, 2.75) is 50.6 Å². The molecule has 0 atom stereocenters. The quantitative estimate of drug-likeness (QED) is 0.663. The van der Waals surface area contributed by atoms with E-state index in [0.717, 1.165) is 48.5 Å². The molecule has 30 heavy (non-hydrogen) atoms. The lowest BCUT2D eigenvalue weighted by Gasteiger charge is -2.28. The Bertz CT molecular complexity index is 1080. The molecule has 1 N–H and O–H groups in total. The molecule has 0 bridgehead atoms. The maximum atomic E-state index is 11.7. The predicted molar refractivity (Wildman–Crippen MR) is 110 cm³/mol. The van der Waals surface area contributed by atoms with E-state index in [1.165, 1.54) is 4.90 Å². The minimum absolute atomic E-state index is 0.198. The number of nitrogens with zero attached hydrogens (tertiary/aromatic N) is 6. The van der Waals surface area contributed by atoms with E-state index < -0.39 is 6.09 Å². The van der Waals surface area contributed by atoms with Gasteiger partial charge in [0.05, 0.1) is 24.5 Å². The molecule has 154 valence electrons. The second-order valence-corrected chi connectivity index (χ2v) is 8.34. The van der Waals surface area contributed by atoms with Gasteiger partial charge >= 0.3 is 6.09 Å². The van der Waals surface area contributed by atoms with Crippen molar-refractivity contribution in [3.63, 3.8) is 0 Å². The van der Waals surface area contributed by atoms with Crippen LogP contribution < -0.4 is 0 Å². The molecule has 9 heteroatoms. The van der Waals surface area contributed by atoms with Crippen LogP contribution >= 0.6 is 11.6 Å². The van der Waals surface area contributed by atoms with Crippen molar-refractivity contribution in [2.24, 2.45) is 0 Å². The molecule has 8 nitrogen and oxygen atoms in total. The number of hydrogen-bond acceptors (Lipinski definition) is 5. The van der Waals surface area contributed by atoms with Crippen LogP contribution in [-0.4, -0.2) is 40.8 Å². The Labute approximate surface area is 178 Å². The highest BCUT2D eigenvalue weighted by molar-refractivity contribution is 6.30. The summed E-state index contributed by atoms with van der Waals surface area (Å²) >= 11 is 6.20. The van der Waals surface area contributed by atoms with Crippen molar-refractivity contribution < 1.29 is 9.90 Å². The van der Waals surface area contributed by atoms with Gasteiger partial charge < -0.3 is 5.11 Å². The molecular formula is C21H21ClN6O2. The summed E-state index contributed by atoms with van der Waals surface area (Å²) in [6.45, 7) is 0.469. The Hall–Kier alpha value is -3.00. The lowest BCUT2D eigenvalue weighted by atomic mass is 9.80. The van der Waals surface area contributed by atoms with E-state index >= 15 is 0 Å². The minimum atomic E-state index is -0.983. The first-order chi connectivity index (χ1) is 14.6. The Kier molecular flexibility index (Phi) is 4.86. The third-order valence-corrected chi connectivity index (χ3v) is 6.33. The number of fused-ring (bicyclic) bond motifs is 3. The first-order valence-electron chi connectivity index (χ1n) is 10.1. The van der Waals surface area contributed by atoms with Crippen LogP contribution in [0.2, 0.25) is 5.02 Å². The number of amides is 1. The summed E-state index contributed by atoms with van der Waals surface area (Å²) in [5, 5.41) is 19.1. The highest BCUT2D eigenvalue weighted by atomic mass is 35.5. The number of halogens is 1. The Morgan fingerprint density at radius 3 is 2.60 bits per heavy atom. The first-order valence-corrected chi connectivity index (χ1v) is 10.4. The molecular weight excluding hydrogens is 404 g/mol. The van der Waals surface area contributed by atoms with E-state index in [1.807, 2.05) is 29.0 Å². The molecule has 1 saturated carbocycles. The van der Waals surface area contributed by atoms with Gasteiger partial charge in [-0.1, -0.05) is 11.6 Å². The van der Waals surface area contributed by atoms with Gasteiger partial charge in [0.15, 0.2) is 5.82 Å². The number of benzene rings is 1. The van der Waals surface area contributed by atoms with E-state index in [9.17, 15) is 9.90 Å². The van der Waals surface area contributed by atoms with E-state index in [0.29, 0.717) is 16.8 Å². The summed E-state index contributed by atoms with van der Waals surface area (Å²) in [6, 6.07) is 5.59. The highest BCUT2D eigenvalue weighted by Gasteiger charge is 2.32. The number of aromatic nitrogens is 5. The molecule has 0 radical (unpaired) electrons. The maximum Gasteiger partial charge on any atom is 0.408 e. The van der Waals surface area contributed by atoms with Gasteiger partial charge in [0.25, 0.3) is 0 Å². The summed E-state index contributed by atoms with van der Waals surface area (Å²) < 4.78 is 2.04. The van der Waals surface area contributed by atoms with Crippen LogP contribution in [0.5, 0.6) is 0 Å².